The lowest BCUT2D eigenvalue weighted by Gasteiger charge is -2.36. The van der Waals surface area contributed by atoms with Crippen molar-refractivity contribution in [1.29, 1.82) is 0 Å². The second kappa shape index (κ2) is 8.40. The van der Waals surface area contributed by atoms with Crippen molar-refractivity contribution in [2.75, 3.05) is 0 Å². The van der Waals surface area contributed by atoms with Gasteiger partial charge in [0.25, 0.3) is 0 Å². The Morgan fingerprint density at radius 3 is 1.70 bits per heavy atom. The summed E-state index contributed by atoms with van der Waals surface area (Å²) in [6.07, 6.45) is 7.69. The maximum absolute atomic E-state index is 6.17. The summed E-state index contributed by atoms with van der Waals surface area (Å²) < 4.78 is 6.17. The first-order valence-electron chi connectivity index (χ1n) is 9.28. The molecule has 0 aliphatic heterocycles. The molecule has 1 atom stereocenters. The van der Waals surface area contributed by atoms with E-state index in [-0.39, 0.29) is 11.0 Å². The van der Waals surface area contributed by atoms with Gasteiger partial charge in [-0.05, 0) is 62.9 Å². The Bertz CT molecular complexity index is 408. The molecule has 136 valence electrons. The molecule has 0 rings (SSSR count). The predicted molar refractivity (Wildman–Crippen MR) is 105 cm³/mol. The zero-order valence-electron chi connectivity index (χ0n) is 17.8. The fraction of sp³-hybridized carbons (Fsp3) is 0.818. The van der Waals surface area contributed by atoms with Gasteiger partial charge < -0.3 is 4.74 Å². The van der Waals surface area contributed by atoms with E-state index in [1.54, 1.807) is 0 Å². The summed E-state index contributed by atoms with van der Waals surface area (Å²) in [6, 6.07) is 0. The molecule has 0 aromatic rings. The van der Waals surface area contributed by atoms with Crippen LogP contribution in [0, 0.1) is 16.7 Å². The molecule has 0 amide bonds. The maximum Gasteiger partial charge on any atom is 0.105 e. The van der Waals surface area contributed by atoms with Gasteiger partial charge in [-0.3, -0.25) is 0 Å². The van der Waals surface area contributed by atoms with Gasteiger partial charge in [-0.25, -0.2) is 0 Å². The van der Waals surface area contributed by atoms with Crippen LogP contribution in [0.15, 0.2) is 23.5 Å². The molecular formula is C22H42O. The van der Waals surface area contributed by atoms with Crippen LogP contribution in [-0.2, 0) is 4.74 Å². The number of hydrogen-bond donors (Lipinski definition) is 0. The largest absolute Gasteiger partial charge is 0.492 e. The van der Waals surface area contributed by atoms with Gasteiger partial charge in [-0.15, -0.1) is 0 Å². The molecular weight excluding hydrogens is 280 g/mol. The van der Waals surface area contributed by atoms with Gasteiger partial charge >= 0.3 is 0 Å². The van der Waals surface area contributed by atoms with Crippen molar-refractivity contribution in [3.05, 3.63) is 23.5 Å². The monoisotopic (exact) mass is 322 g/mol. The summed E-state index contributed by atoms with van der Waals surface area (Å²) in [4.78, 5) is 0. The molecule has 0 saturated heterocycles. The van der Waals surface area contributed by atoms with Crippen molar-refractivity contribution >= 4 is 0 Å². The molecule has 0 N–H and O–H groups in total. The summed E-state index contributed by atoms with van der Waals surface area (Å²) >= 11 is 0. The van der Waals surface area contributed by atoms with Crippen LogP contribution in [-0.4, -0.2) is 5.60 Å². The zero-order chi connectivity index (χ0) is 18.5. The van der Waals surface area contributed by atoms with Crippen molar-refractivity contribution in [2.24, 2.45) is 16.7 Å². The molecule has 0 aliphatic rings. The highest BCUT2D eigenvalue weighted by atomic mass is 16.5. The second-order valence-corrected chi connectivity index (χ2v) is 9.63. The van der Waals surface area contributed by atoms with E-state index in [4.69, 9.17) is 4.74 Å². The fourth-order valence-corrected chi connectivity index (χ4v) is 2.94. The third-order valence-corrected chi connectivity index (χ3v) is 4.90. The van der Waals surface area contributed by atoms with Crippen molar-refractivity contribution < 1.29 is 4.74 Å². The van der Waals surface area contributed by atoms with Crippen LogP contribution in [0.2, 0.25) is 0 Å². The number of ether oxygens (including phenoxy) is 1. The topological polar surface area (TPSA) is 9.23 Å². The van der Waals surface area contributed by atoms with E-state index in [0.717, 1.165) is 18.6 Å². The van der Waals surface area contributed by atoms with E-state index in [9.17, 15) is 0 Å². The van der Waals surface area contributed by atoms with Gasteiger partial charge in [0.05, 0.1) is 5.76 Å². The van der Waals surface area contributed by atoms with Gasteiger partial charge in [0, 0.05) is 0 Å². The summed E-state index contributed by atoms with van der Waals surface area (Å²) in [5.74, 6) is 1.59. The zero-order valence-corrected chi connectivity index (χ0v) is 17.8. The molecule has 0 radical (unpaired) electrons. The van der Waals surface area contributed by atoms with Crippen LogP contribution >= 0.6 is 0 Å². The molecule has 0 aromatic carbocycles. The summed E-state index contributed by atoms with van der Waals surface area (Å²) in [5.41, 5.74) is 2.02. The van der Waals surface area contributed by atoms with E-state index in [1.807, 2.05) is 0 Å². The smallest absolute Gasteiger partial charge is 0.105 e. The Balaban J connectivity index is 5.25. The molecule has 0 fully saturated rings. The lowest BCUT2D eigenvalue weighted by Crippen LogP contribution is -2.26. The SMILES string of the molecule is CCC(C)(CC)O/C(C)=C/C=C(\C)C(CC(C)(C)C)C(C)(C)C. The molecule has 0 heterocycles. The van der Waals surface area contributed by atoms with E-state index < -0.39 is 0 Å². The van der Waals surface area contributed by atoms with E-state index in [2.05, 4.69) is 88.3 Å². The molecule has 0 spiro atoms. The maximum atomic E-state index is 6.17. The highest BCUT2D eigenvalue weighted by Crippen LogP contribution is 2.40. The summed E-state index contributed by atoms with van der Waals surface area (Å²) in [6.45, 7) is 24.9. The minimum absolute atomic E-state index is 0.0445. The van der Waals surface area contributed by atoms with Crippen molar-refractivity contribution in [1.82, 2.24) is 0 Å². The van der Waals surface area contributed by atoms with Crippen LogP contribution in [0.3, 0.4) is 0 Å². The lowest BCUT2D eigenvalue weighted by molar-refractivity contribution is 0.0124. The first-order chi connectivity index (χ1) is 10.2. The van der Waals surface area contributed by atoms with Crippen molar-refractivity contribution in [3.8, 4) is 0 Å². The minimum Gasteiger partial charge on any atom is -0.492 e. The van der Waals surface area contributed by atoms with Gasteiger partial charge in [-0.2, -0.15) is 0 Å². The van der Waals surface area contributed by atoms with Crippen LogP contribution in [0.25, 0.3) is 0 Å². The Morgan fingerprint density at radius 2 is 1.35 bits per heavy atom. The van der Waals surface area contributed by atoms with Crippen molar-refractivity contribution in [3.63, 3.8) is 0 Å². The fourth-order valence-electron chi connectivity index (χ4n) is 2.94. The third-order valence-electron chi connectivity index (χ3n) is 4.90. The normalized spacial score (nSPS) is 16.5. The molecule has 1 heteroatoms. The highest BCUT2D eigenvalue weighted by molar-refractivity contribution is 5.17. The van der Waals surface area contributed by atoms with Crippen LogP contribution in [0.1, 0.15) is 95.4 Å². The quantitative estimate of drug-likeness (QED) is 0.347. The Kier molecular flexibility index (Phi) is 8.14. The summed E-state index contributed by atoms with van der Waals surface area (Å²) in [5, 5.41) is 0. The van der Waals surface area contributed by atoms with Crippen LogP contribution < -0.4 is 0 Å². The lowest BCUT2D eigenvalue weighted by atomic mass is 9.69. The molecule has 23 heavy (non-hydrogen) atoms. The van der Waals surface area contributed by atoms with Crippen molar-refractivity contribution in [2.45, 2.75) is 101 Å². The molecule has 1 unspecified atom stereocenters. The Hall–Kier alpha value is -0.720. The third kappa shape index (κ3) is 8.63. The second-order valence-electron chi connectivity index (χ2n) is 9.63. The number of hydrogen-bond acceptors (Lipinski definition) is 1. The number of rotatable bonds is 7. The van der Waals surface area contributed by atoms with Gasteiger partial charge in [0.2, 0.25) is 0 Å². The first kappa shape index (κ1) is 22.3. The van der Waals surface area contributed by atoms with Gasteiger partial charge in [-0.1, -0.05) is 67.0 Å². The minimum atomic E-state index is -0.0445. The standard InChI is InChI=1S/C22H42O/c1-12-22(11,13-2)23-18(4)15-14-17(3)19(21(8,9)10)16-20(5,6)7/h14-15,19H,12-13,16H2,1-11H3/b17-14+,18-15+. The summed E-state index contributed by atoms with van der Waals surface area (Å²) in [7, 11) is 0. The molecule has 0 bridgehead atoms. The van der Waals surface area contributed by atoms with E-state index >= 15 is 0 Å². The Morgan fingerprint density at radius 1 is 0.870 bits per heavy atom. The van der Waals surface area contributed by atoms with Crippen LogP contribution in [0.5, 0.6) is 0 Å². The average Bonchev–Trinajstić information content (AvgIpc) is 2.40. The number of allylic oxidation sites excluding steroid dienone is 4. The van der Waals surface area contributed by atoms with E-state index in [0.29, 0.717) is 11.3 Å². The molecule has 1 nitrogen and oxygen atoms in total. The van der Waals surface area contributed by atoms with E-state index in [1.165, 1.54) is 12.0 Å². The average molecular weight is 323 g/mol. The Labute approximate surface area is 146 Å². The first-order valence-corrected chi connectivity index (χ1v) is 9.28. The molecule has 0 aromatic heterocycles. The van der Waals surface area contributed by atoms with Gasteiger partial charge in [0.15, 0.2) is 0 Å². The van der Waals surface area contributed by atoms with Crippen LogP contribution in [0.4, 0.5) is 0 Å². The van der Waals surface area contributed by atoms with Gasteiger partial charge in [0.1, 0.15) is 5.60 Å². The highest BCUT2D eigenvalue weighted by Gasteiger charge is 2.30. The molecule has 0 aliphatic carbocycles. The molecule has 0 saturated carbocycles. The predicted octanol–water partition coefficient (Wildman–Crippen LogP) is 7.53.